The Balaban J connectivity index is 1.84. The van der Waals surface area contributed by atoms with Crippen LogP contribution in [-0.4, -0.2) is 34.1 Å². The van der Waals surface area contributed by atoms with E-state index in [-0.39, 0.29) is 45.7 Å². The highest BCUT2D eigenvalue weighted by molar-refractivity contribution is 5.95. The number of hydrogen-bond donors (Lipinski definition) is 1. The third-order valence-corrected chi connectivity index (χ3v) is 8.04. The normalized spacial score (nSPS) is 15.5. The zero-order chi connectivity index (χ0) is 32.3. The van der Waals surface area contributed by atoms with Gasteiger partial charge in [-0.15, -0.1) is 0 Å². The maximum absolute atomic E-state index is 15.5. The Hall–Kier alpha value is -3.99. The number of hydrogen-bond acceptors (Lipinski definition) is 4. The predicted molar refractivity (Wildman–Crippen MR) is 151 cm³/mol. The molecule has 11 heteroatoms. The summed E-state index contributed by atoms with van der Waals surface area (Å²) in [6.45, 7) is 7.30. The number of nitrogens with zero attached hydrogens (tertiary/aromatic N) is 1. The summed E-state index contributed by atoms with van der Waals surface area (Å²) in [6.07, 6.45) is -6.18. The van der Waals surface area contributed by atoms with Gasteiger partial charge >= 0.3 is 12.1 Å². The summed E-state index contributed by atoms with van der Waals surface area (Å²) in [5.41, 5.74) is -2.04. The lowest BCUT2D eigenvalue weighted by Gasteiger charge is -2.32. The van der Waals surface area contributed by atoms with Gasteiger partial charge < -0.3 is 19.5 Å². The molecule has 6 nitrogen and oxygen atoms in total. The quantitative estimate of drug-likeness (QED) is 0.297. The van der Waals surface area contributed by atoms with E-state index in [2.05, 4.69) is 0 Å². The molecule has 0 unspecified atom stereocenters. The van der Waals surface area contributed by atoms with Gasteiger partial charge in [-0.05, 0) is 105 Å². The molecule has 0 saturated heterocycles. The number of rotatable bonds is 5. The van der Waals surface area contributed by atoms with Crippen LogP contribution in [0.25, 0.3) is 11.1 Å². The summed E-state index contributed by atoms with van der Waals surface area (Å²) < 4.78 is 86.5. The molecule has 234 valence electrons. The topological polar surface area (TPSA) is 76.1 Å². The van der Waals surface area contributed by atoms with Crippen molar-refractivity contribution in [3.8, 4) is 16.9 Å². The molecule has 0 saturated carbocycles. The molecule has 44 heavy (non-hydrogen) atoms. The molecule has 0 fully saturated rings. The summed E-state index contributed by atoms with van der Waals surface area (Å²) in [7, 11) is 0. The molecular formula is C33H32F5NO5. The SMILES string of the molecule is Cc1c(-c2c(C)c3c(c(C(F)(F)F)c2[C@H](OC(C)(C)C)C(=O)O)CN(C(=O)c2cccc(F)c2)C3)cc(F)c2c1CCCO2. The van der Waals surface area contributed by atoms with Gasteiger partial charge in [0.1, 0.15) is 5.82 Å². The van der Waals surface area contributed by atoms with Gasteiger partial charge in [-0.2, -0.15) is 13.2 Å². The molecule has 5 rings (SSSR count). The molecule has 2 aliphatic heterocycles. The number of carbonyl (C=O) groups excluding carboxylic acids is 1. The van der Waals surface area contributed by atoms with Crippen molar-refractivity contribution in [2.45, 2.75) is 78.4 Å². The summed E-state index contributed by atoms with van der Waals surface area (Å²) in [4.78, 5) is 27.3. The van der Waals surface area contributed by atoms with Crippen molar-refractivity contribution in [2.75, 3.05) is 6.61 Å². The van der Waals surface area contributed by atoms with E-state index < -0.39 is 59.1 Å². The average molecular weight is 618 g/mol. The first-order valence-corrected chi connectivity index (χ1v) is 14.2. The third-order valence-electron chi connectivity index (χ3n) is 8.04. The first-order chi connectivity index (χ1) is 20.5. The second-order valence-electron chi connectivity index (χ2n) is 12.2. The summed E-state index contributed by atoms with van der Waals surface area (Å²) in [5, 5.41) is 10.3. The zero-order valence-electron chi connectivity index (χ0n) is 24.9. The largest absolute Gasteiger partial charge is 0.490 e. The van der Waals surface area contributed by atoms with Crippen LogP contribution in [0.5, 0.6) is 5.75 Å². The highest BCUT2D eigenvalue weighted by atomic mass is 19.4. The van der Waals surface area contributed by atoms with E-state index in [1.807, 2.05) is 0 Å². The third kappa shape index (κ3) is 5.65. The van der Waals surface area contributed by atoms with Crippen LogP contribution in [0, 0.1) is 25.5 Å². The maximum Gasteiger partial charge on any atom is 0.417 e. The van der Waals surface area contributed by atoms with Crippen LogP contribution >= 0.6 is 0 Å². The van der Waals surface area contributed by atoms with Gasteiger partial charge in [0.25, 0.3) is 5.91 Å². The van der Waals surface area contributed by atoms with Gasteiger partial charge in [0.2, 0.25) is 0 Å². The number of carboxylic acid groups (broad SMARTS) is 1. The van der Waals surface area contributed by atoms with E-state index in [9.17, 15) is 19.1 Å². The molecule has 1 amide bonds. The number of halogens is 5. The number of aliphatic carboxylic acids is 1. The number of fused-ring (bicyclic) bond motifs is 2. The van der Waals surface area contributed by atoms with Crippen LogP contribution in [0.3, 0.4) is 0 Å². The van der Waals surface area contributed by atoms with E-state index >= 15 is 17.6 Å². The van der Waals surface area contributed by atoms with Crippen LogP contribution < -0.4 is 4.74 Å². The highest BCUT2D eigenvalue weighted by Crippen LogP contribution is 2.51. The first-order valence-electron chi connectivity index (χ1n) is 14.2. The maximum atomic E-state index is 15.5. The van der Waals surface area contributed by atoms with Gasteiger partial charge in [0.05, 0.1) is 17.8 Å². The Labute approximate surface area is 251 Å². The van der Waals surface area contributed by atoms with Crippen molar-refractivity contribution in [1.29, 1.82) is 0 Å². The van der Waals surface area contributed by atoms with Crippen LogP contribution in [0.1, 0.15) is 82.6 Å². The van der Waals surface area contributed by atoms with Gasteiger partial charge in [0.15, 0.2) is 17.7 Å². The minimum atomic E-state index is -5.08. The molecule has 1 N–H and O–H groups in total. The molecule has 0 aromatic heterocycles. The summed E-state index contributed by atoms with van der Waals surface area (Å²) in [6, 6.07) is 5.91. The minimum Gasteiger partial charge on any atom is -0.490 e. The van der Waals surface area contributed by atoms with E-state index in [1.165, 1.54) is 39.8 Å². The van der Waals surface area contributed by atoms with Gasteiger partial charge in [-0.1, -0.05) is 6.07 Å². The molecule has 0 spiro atoms. The molecule has 3 aromatic rings. The number of carbonyl (C=O) groups is 2. The fourth-order valence-electron chi connectivity index (χ4n) is 6.23. The standard InChI is InChI=1S/C33H32F5NO5/c1-16-20-10-7-11-43-28(20)24(35)13-21(16)25-17(2)22-14-39(30(40)18-8-6-9-19(34)12-18)15-23(22)27(33(36,37)38)26(25)29(31(41)42)44-32(3,4)5/h6,8-9,12-13,29H,7,10-11,14-15H2,1-5H3,(H,41,42)/t29-/m0/s1. The molecule has 1 atom stereocenters. The van der Waals surface area contributed by atoms with Crippen LogP contribution in [0.4, 0.5) is 22.0 Å². The summed E-state index contributed by atoms with van der Waals surface area (Å²) >= 11 is 0. The lowest BCUT2D eigenvalue weighted by atomic mass is 9.80. The van der Waals surface area contributed by atoms with E-state index in [4.69, 9.17) is 9.47 Å². The Morgan fingerprint density at radius 1 is 1.00 bits per heavy atom. The molecule has 2 heterocycles. The van der Waals surface area contributed by atoms with Crippen molar-refractivity contribution in [3.63, 3.8) is 0 Å². The smallest absolute Gasteiger partial charge is 0.417 e. The van der Waals surface area contributed by atoms with Crippen molar-refractivity contribution in [3.05, 3.63) is 86.5 Å². The minimum absolute atomic E-state index is 0.0292. The second-order valence-corrected chi connectivity index (χ2v) is 12.2. The van der Waals surface area contributed by atoms with E-state index in [0.29, 0.717) is 30.6 Å². The zero-order valence-corrected chi connectivity index (χ0v) is 24.9. The molecule has 0 bridgehead atoms. The predicted octanol–water partition coefficient (Wildman–Crippen LogP) is 7.69. The van der Waals surface area contributed by atoms with Gasteiger partial charge in [-0.25, -0.2) is 13.6 Å². The number of amides is 1. The molecule has 0 aliphatic carbocycles. The molecule has 0 radical (unpaired) electrons. The molecular weight excluding hydrogens is 585 g/mol. The van der Waals surface area contributed by atoms with Crippen LogP contribution in [0.15, 0.2) is 30.3 Å². The number of carboxylic acids is 1. The van der Waals surface area contributed by atoms with Crippen molar-refractivity contribution in [2.24, 2.45) is 0 Å². The second kappa shape index (κ2) is 11.2. The van der Waals surface area contributed by atoms with Gasteiger partial charge in [-0.3, -0.25) is 4.79 Å². The number of ether oxygens (including phenoxy) is 2. The Kier molecular flexibility index (Phi) is 7.99. The number of benzene rings is 3. The molecule has 3 aromatic carbocycles. The lowest BCUT2D eigenvalue weighted by molar-refractivity contribution is -0.163. The van der Waals surface area contributed by atoms with Crippen molar-refractivity contribution >= 4 is 11.9 Å². The fraction of sp³-hybridized carbons (Fsp3) is 0.394. The first kappa shape index (κ1) is 31.4. The van der Waals surface area contributed by atoms with Crippen molar-refractivity contribution in [1.82, 2.24) is 4.90 Å². The van der Waals surface area contributed by atoms with Crippen molar-refractivity contribution < 1.29 is 46.1 Å². The highest BCUT2D eigenvalue weighted by Gasteiger charge is 2.47. The number of alkyl halides is 3. The Bertz CT molecular complexity index is 1670. The lowest BCUT2D eigenvalue weighted by Crippen LogP contribution is -2.30. The Morgan fingerprint density at radius 2 is 1.68 bits per heavy atom. The van der Waals surface area contributed by atoms with E-state index in [0.717, 1.165) is 23.1 Å². The van der Waals surface area contributed by atoms with E-state index in [1.54, 1.807) is 6.92 Å². The fourth-order valence-corrected chi connectivity index (χ4v) is 6.23. The van der Waals surface area contributed by atoms with Gasteiger partial charge in [0, 0.05) is 29.8 Å². The van der Waals surface area contributed by atoms with Crippen LogP contribution in [0.2, 0.25) is 0 Å². The van der Waals surface area contributed by atoms with Crippen LogP contribution in [-0.2, 0) is 35.2 Å². The Morgan fingerprint density at radius 3 is 2.30 bits per heavy atom. The molecule has 2 aliphatic rings. The summed E-state index contributed by atoms with van der Waals surface area (Å²) in [5.74, 6) is -3.77. The monoisotopic (exact) mass is 617 g/mol. The average Bonchev–Trinajstić information content (AvgIpc) is 3.37.